The predicted molar refractivity (Wildman–Crippen MR) is 127 cm³/mol. The normalized spacial score (nSPS) is 11.4. The molecule has 0 unspecified atom stereocenters. The van der Waals surface area contributed by atoms with Crippen LogP contribution in [0.15, 0.2) is 53.5 Å². The fourth-order valence-corrected chi connectivity index (χ4v) is 3.29. The molecule has 0 fully saturated rings. The smallest absolute Gasteiger partial charge is 0.254 e. The summed E-state index contributed by atoms with van der Waals surface area (Å²) in [5, 5.41) is 3.41. The molecule has 0 bridgehead atoms. The van der Waals surface area contributed by atoms with Gasteiger partial charge in [-0.25, -0.2) is 8.78 Å². The van der Waals surface area contributed by atoms with E-state index in [0.717, 1.165) is 30.8 Å². The van der Waals surface area contributed by atoms with Crippen LogP contribution in [0, 0.1) is 17.0 Å². The molecule has 0 spiro atoms. The highest BCUT2D eigenvalue weighted by Gasteiger charge is 2.17. The fraction of sp³-hybridized carbons (Fsp3) is 0.346. The number of aromatic nitrogens is 1. The van der Waals surface area contributed by atoms with E-state index >= 15 is 0 Å². The Kier molecular flexibility index (Phi) is 7.41. The van der Waals surface area contributed by atoms with Crippen molar-refractivity contribution in [3.05, 3.63) is 70.6 Å². The predicted octanol–water partition coefficient (Wildman–Crippen LogP) is 6.37. The topological polar surface area (TPSA) is 52.5 Å². The molecule has 33 heavy (non-hydrogen) atoms. The third-order valence-electron chi connectivity index (χ3n) is 5.08. The molecule has 1 heterocycles. The van der Waals surface area contributed by atoms with Gasteiger partial charge in [-0.05, 0) is 49.1 Å². The second-order valence-corrected chi connectivity index (χ2v) is 9.06. The Labute approximate surface area is 193 Å². The molecule has 3 rings (SSSR count). The summed E-state index contributed by atoms with van der Waals surface area (Å²) < 4.78 is 40.7. The van der Waals surface area contributed by atoms with E-state index < -0.39 is 11.6 Å². The first-order valence-corrected chi connectivity index (χ1v) is 10.9. The lowest BCUT2D eigenvalue weighted by atomic mass is 9.92. The molecule has 0 amide bonds. The molecule has 0 aliphatic rings. The van der Waals surface area contributed by atoms with E-state index in [1.165, 1.54) is 16.7 Å². The molecular formula is C26H30F2N2O3. The number of benzene rings is 2. The first-order chi connectivity index (χ1) is 15.6. The summed E-state index contributed by atoms with van der Waals surface area (Å²) in [6.45, 7) is 9.48. The van der Waals surface area contributed by atoms with Gasteiger partial charge in [0, 0.05) is 48.7 Å². The first kappa shape index (κ1) is 24.3. The van der Waals surface area contributed by atoms with E-state index in [1.54, 1.807) is 19.3 Å². The summed E-state index contributed by atoms with van der Waals surface area (Å²) in [4.78, 5) is 12.2. The Morgan fingerprint density at radius 2 is 1.70 bits per heavy atom. The van der Waals surface area contributed by atoms with Crippen LogP contribution in [0.4, 0.5) is 14.5 Å². The van der Waals surface area contributed by atoms with Gasteiger partial charge in [0.2, 0.25) is 0 Å². The fourth-order valence-electron chi connectivity index (χ4n) is 3.29. The summed E-state index contributed by atoms with van der Waals surface area (Å²) in [5.41, 5.74) is 2.04. The molecule has 7 heteroatoms. The van der Waals surface area contributed by atoms with Gasteiger partial charge in [0.05, 0.1) is 6.61 Å². The number of rotatable bonds is 8. The quantitative estimate of drug-likeness (QED) is 0.428. The van der Waals surface area contributed by atoms with E-state index in [0.29, 0.717) is 29.2 Å². The standard InChI is InChI=1S/C26H30F2N2O3/c1-6-32-24-15-25(31)30(5)16-20(24)19-14-18(29-12-11-26(2,3)4)8-10-22(19)33-23-9-7-17(27)13-21(23)28/h7-10,13-16,29H,6,11-12H2,1-5H3. The van der Waals surface area contributed by atoms with Crippen molar-refractivity contribution in [2.24, 2.45) is 12.5 Å². The Morgan fingerprint density at radius 1 is 0.970 bits per heavy atom. The van der Waals surface area contributed by atoms with Crippen LogP contribution in [0.1, 0.15) is 34.1 Å². The molecule has 0 atom stereocenters. The lowest BCUT2D eigenvalue weighted by Gasteiger charge is -2.20. The molecule has 0 saturated heterocycles. The highest BCUT2D eigenvalue weighted by Crippen LogP contribution is 2.40. The van der Waals surface area contributed by atoms with Gasteiger partial charge in [0.1, 0.15) is 17.3 Å². The number of nitrogens with one attached hydrogen (secondary N) is 1. The van der Waals surface area contributed by atoms with Crippen molar-refractivity contribution >= 4 is 5.69 Å². The summed E-state index contributed by atoms with van der Waals surface area (Å²) in [7, 11) is 1.65. The second-order valence-electron chi connectivity index (χ2n) is 9.06. The number of halogens is 2. The van der Waals surface area contributed by atoms with Crippen LogP contribution in [-0.2, 0) is 7.05 Å². The van der Waals surface area contributed by atoms with E-state index in [-0.39, 0.29) is 16.7 Å². The van der Waals surface area contributed by atoms with Crippen molar-refractivity contribution in [2.75, 3.05) is 18.5 Å². The lowest BCUT2D eigenvalue weighted by molar-refractivity contribution is 0.340. The average Bonchev–Trinajstić information content (AvgIpc) is 2.73. The number of hydrogen-bond acceptors (Lipinski definition) is 4. The number of anilines is 1. The second kappa shape index (κ2) is 10.1. The molecule has 0 saturated carbocycles. The average molecular weight is 457 g/mol. The van der Waals surface area contributed by atoms with Crippen molar-refractivity contribution in [3.8, 4) is 28.4 Å². The summed E-state index contributed by atoms with van der Waals surface area (Å²) in [6.07, 6.45) is 2.63. The Morgan fingerprint density at radius 3 is 2.36 bits per heavy atom. The van der Waals surface area contributed by atoms with Crippen molar-refractivity contribution in [1.82, 2.24) is 4.57 Å². The van der Waals surface area contributed by atoms with Crippen molar-refractivity contribution < 1.29 is 18.3 Å². The van der Waals surface area contributed by atoms with Crippen molar-refractivity contribution in [3.63, 3.8) is 0 Å². The van der Waals surface area contributed by atoms with Crippen LogP contribution in [0.3, 0.4) is 0 Å². The number of aryl methyl sites for hydroxylation is 1. The molecule has 5 nitrogen and oxygen atoms in total. The summed E-state index contributed by atoms with van der Waals surface area (Å²) >= 11 is 0. The Hall–Kier alpha value is -3.35. The Balaban J connectivity index is 2.08. The Bertz CT molecular complexity index is 1180. The maximum atomic E-state index is 14.3. The zero-order chi connectivity index (χ0) is 24.2. The van der Waals surface area contributed by atoms with E-state index in [2.05, 4.69) is 26.1 Å². The first-order valence-electron chi connectivity index (χ1n) is 10.9. The van der Waals surface area contributed by atoms with Crippen LogP contribution in [0.5, 0.6) is 17.2 Å². The molecule has 176 valence electrons. The van der Waals surface area contributed by atoms with Crippen LogP contribution in [0.2, 0.25) is 0 Å². The molecular weight excluding hydrogens is 426 g/mol. The zero-order valence-electron chi connectivity index (χ0n) is 19.7. The van der Waals surface area contributed by atoms with E-state index in [4.69, 9.17) is 9.47 Å². The third-order valence-corrected chi connectivity index (χ3v) is 5.08. The molecule has 0 aliphatic carbocycles. The maximum Gasteiger partial charge on any atom is 0.254 e. The molecule has 1 N–H and O–H groups in total. The molecule has 3 aromatic rings. The van der Waals surface area contributed by atoms with Crippen LogP contribution in [-0.4, -0.2) is 17.7 Å². The van der Waals surface area contributed by atoms with Crippen LogP contribution >= 0.6 is 0 Å². The van der Waals surface area contributed by atoms with Crippen LogP contribution in [0.25, 0.3) is 11.1 Å². The van der Waals surface area contributed by atoms with Gasteiger partial charge in [0.15, 0.2) is 11.6 Å². The summed E-state index contributed by atoms with van der Waals surface area (Å²) in [6, 6.07) is 10.0. The van der Waals surface area contributed by atoms with E-state index in [9.17, 15) is 13.6 Å². The maximum absolute atomic E-state index is 14.3. The van der Waals surface area contributed by atoms with Crippen molar-refractivity contribution in [2.45, 2.75) is 34.1 Å². The SMILES string of the molecule is CCOc1cc(=O)n(C)cc1-c1cc(NCCC(C)(C)C)ccc1Oc1ccc(F)cc1F. The van der Waals surface area contributed by atoms with Gasteiger partial charge in [0.25, 0.3) is 5.56 Å². The zero-order valence-corrected chi connectivity index (χ0v) is 19.7. The minimum atomic E-state index is -0.807. The highest BCUT2D eigenvalue weighted by atomic mass is 19.1. The van der Waals surface area contributed by atoms with Crippen molar-refractivity contribution in [1.29, 1.82) is 0 Å². The molecule has 2 aromatic carbocycles. The monoisotopic (exact) mass is 456 g/mol. The number of ether oxygens (including phenoxy) is 2. The van der Waals surface area contributed by atoms with Gasteiger partial charge in [-0.1, -0.05) is 20.8 Å². The number of pyridine rings is 1. The highest BCUT2D eigenvalue weighted by molar-refractivity contribution is 5.78. The minimum Gasteiger partial charge on any atom is -0.493 e. The van der Waals surface area contributed by atoms with Gasteiger partial charge in [-0.15, -0.1) is 0 Å². The number of nitrogens with zero attached hydrogens (tertiary/aromatic N) is 1. The van der Waals surface area contributed by atoms with Gasteiger partial charge >= 0.3 is 0 Å². The summed E-state index contributed by atoms with van der Waals surface area (Å²) in [5.74, 6) is -0.846. The largest absolute Gasteiger partial charge is 0.493 e. The van der Waals surface area contributed by atoms with Gasteiger partial charge < -0.3 is 19.4 Å². The van der Waals surface area contributed by atoms with Gasteiger partial charge in [-0.2, -0.15) is 0 Å². The lowest BCUT2D eigenvalue weighted by Crippen LogP contribution is -2.16. The number of hydrogen-bond donors (Lipinski definition) is 1. The third kappa shape index (κ3) is 6.34. The van der Waals surface area contributed by atoms with Gasteiger partial charge in [-0.3, -0.25) is 4.79 Å². The molecule has 0 aliphatic heterocycles. The van der Waals surface area contributed by atoms with Crippen LogP contribution < -0.4 is 20.3 Å². The molecule has 0 radical (unpaired) electrons. The molecule has 1 aromatic heterocycles. The van der Waals surface area contributed by atoms with E-state index in [1.807, 2.05) is 19.1 Å². The minimum absolute atomic E-state index is 0.103.